The van der Waals surface area contributed by atoms with Crippen LogP contribution in [0.15, 0.2) is 0 Å². The van der Waals surface area contributed by atoms with Crippen LogP contribution in [0.5, 0.6) is 0 Å². The molecule has 0 aromatic rings. The zero-order valence-corrected chi connectivity index (χ0v) is 5.62. The Morgan fingerprint density at radius 1 is 1.71 bits per heavy atom. The maximum Gasteiger partial charge on any atom is 0.105 e. The number of hydrogen-bond acceptors (Lipinski definition) is 1. The normalized spacial score (nSPS) is 14.1. The Bertz CT molecular complexity index is 37.1. The standard InChI is InChI=1S/C5H11OS/c1-3-4-5-7(2)6/h3H,4-5H2,1-2H3. The van der Waals surface area contributed by atoms with E-state index in [0.29, 0.717) is 0 Å². The summed E-state index contributed by atoms with van der Waals surface area (Å²) in [7, 11) is 0. The third kappa shape index (κ3) is 6.31. The lowest BCUT2D eigenvalue weighted by atomic mass is 10.4. The van der Waals surface area contributed by atoms with E-state index < -0.39 is 11.2 Å². The van der Waals surface area contributed by atoms with Crippen LogP contribution in [-0.4, -0.2) is 16.6 Å². The summed E-state index contributed by atoms with van der Waals surface area (Å²) in [5, 5.41) is 0. The maximum atomic E-state index is 10.3. The van der Waals surface area contributed by atoms with Gasteiger partial charge >= 0.3 is 0 Å². The lowest BCUT2D eigenvalue weighted by molar-refractivity contribution is 0.600. The molecule has 1 atom stereocenters. The van der Waals surface area contributed by atoms with Crippen molar-refractivity contribution in [3.05, 3.63) is 6.42 Å². The predicted molar refractivity (Wildman–Crippen MR) is 33.5 cm³/mol. The van der Waals surface area contributed by atoms with Crippen LogP contribution in [0, 0.1) is 6.42 Å². The van der Waals surface area contributed by atoms with Gasteiger partial charge in [0.25, 0.3) is 0 Å². The van der Waals surface area contributed by atoms with E-state index in [1.165, 1.54) is 0 Å². The van der Waals surface area contributed by atoms with Gasteiger partial charge in [-0.05, 0) is 12.8 Å². The van der Waals surface area contributed by atoms with Gasteiger partial charge in [0, 0.05) is 0 Å². The summed E-state index contributed by atoms with van der Waals surface area (Å²) in [4.78, 5) is 0. The second-order valence-corrected chi connectivity index (χ2v) is 3.03. The van der Waals surface area contributed by atoms with Gasteiger partial charge < -0.3 is 4.55 Å². The highest BCUT2D eigenvalue weighted by Crippen LogP contribution is 1.90. The summed E-state index contributed by atoms with van der Waals surface area (Å²) in [6.45, 7) is 1.98. The molecule has 7 heavy (non-hydrogen) atoms. The molecule has 1 nitrogen and oxygen atoms in total. The molecule has 1 radical (unpaired) electrons. The van der Waals surface area contributed by atoms with Gasteiger partial charge in [-0.25, -0.2) is 0 Å². The van der Waals surface area contributed by atoms with E-state index >= 15 is 0 Å². The third-order valence-electron chi connectivity index (χ3n) is 0.694. The van der Waals surface area contributed by atoms with Gasteiger partial charge in [0.1, 0.15) is 5.75 Å². The minimum atomic E-state index is -0.597. The fourth-order valence-corrected chi connectivity index (χ4v) is 0.851. The number of hydrogen-bond donors (Lipinski definition) is 0. The second-order valence-electron chi connectivity index (χ2n) is 1.47. The molecule has 0 heterocycles. The lowest BCUT2D eigenvalue weighted by Crippen LogP contribution is -2.01. The van der Waals surface area contributed by atoms with Gasteiger partial charge in [0.2, 0.25) is 0 Å². The first-order valence-corrected chi connectivity index (χ1v) is 4.08. The summed E-state index contributed by atoms with van der Waals surface area (Å²) in [6.07, 6.45) is 4.73. The maximum absolute atomic E-state index is 10.3. The van der Waals surface area contributed by atoms with E-state index in [0.717, 1.165) is 12.2 Å². The van der Waals surface area contributed by atoms with Gasteiger partial charge in [-0.2, -0.15) is 0 Å². The molecule has 0 aromatic heterocycles. The highest BCUT2D eigenvalue weighted by Gasteiger charge is 1.91. The molecule has 43 valence electrons. The molecule has 1 unspecified atom stereocenters. The molecular weight excluding hydrogens is 108 g/mol. The fraction of sp³-hybridized carbons (Fsp3) is 0.800. The average molecular weight is 119 g/mol. The fourth-order valence-electron chi connectivity index (χ4n) is 0.284. The van der Waals surface area contributed by atoms with Crippen molar-refractivity contribution in [1.82, 2.24) is 0 Å². The second kappa shape index (κ2) is 4.47. The first-order chi connectivity index (χ1) is 3.27. The molecule has 0 spiro atoms. The topological polar surface area (TPSA) is 23.1 Å². The molecule has 0 saturated carbocycles. The van der Waals surface area contributed by atoms with Gasteiger partial charge in [-0.15, -0.1) is 0 Å². The highest BCUT2D eigenvalue weighted by molar-refractivity contribution is 7.90. The van der Waals surface area contributed by atoms with Crippen molar-refractivity contribution in [2.24, 2.45) is 0 Å². The molecule has 2 heteroatoms. The van der Waals surface area contributed by atoms with Crippen molar-refractivity contribution in [1.29, 1.82) is 0 Å². The first-order valence-electron chi connectivity index (χ1n) is 2.35. The van der Waals surface area contributed by atoms with E-state index in [1.54, 1.807) is 6.26 Å². The van der Waals surface area contributed by atoms with Crippen LogP contribution >= 0.6 is 0 Å². The van der Waals surface area contributed by atoms with Crippen molar-refractivity contribution in [3.8, 4) is 0 Å². The van der Waals surface area contributed by atoms with E-state index in [1.807, 2.05) is 13.3 Å². The van der Waals surface area contributed by atoms with Crippen LogP contribution in [0.2, 0.25) is 0 Å². The third-order valence-corrected chi connectivity index (χ3v) is 1.50. The molecule has 0 aliphatic heterocycles. The van der Waals surface area contributed by atoms with Crippen LogP contribution in [0.25, 0.3) is 0 Å². The molecule has 0 aliphatic carbocycles. The lowest BCUT2D eigenvalue weighted by Gasteiger charge is -2.00. The van der Waals surface area contributed by atoms with Gasteiger partial charge in [0.05, 0.1) is 6.26 Å². The monoisotopic (exact) mass is 119 g/mol. The van der Waals surface area contributed by atoms with Crippen molar-refractivity contribution in [2.75, 3.05) is 12.0 Å². The average Bonchev–Trinajstić information content (AvgIpc) is 1.61. The van der Waals surface area contributed by atoms with Crippen LogP contribution in [0.1, 0.15) is 13.3 Å². The van der Waals surface area contributed by atoms with E-state index in [4.69, 9.17) is 0 Å². The largest absolute Gasteiger partial charge is 0.617 e. The molecule has 0 aromatic carbocycles. The molecule has 0 rings (SSSR count). The quantitative estimate of drug-likeness (QED) is 0.508. The number of rotatable bonds is 3. The number of unbranched alkanes of at least 4 members (excludes halogenated alkanes) is 1. The Balaban J connectivity index is 2.68. The SMILES string of the molecule is C[CH]CC[S+](C)[O-]. The zero-order valence-electron chi connectivity index (χ0n) is 4.81. The Kier molecular flexibility index (Phi) is 4.67. The summed E-state index contributed by atoms with van der Waals surface area (Å²) < 4.78 is 10.3. The zero-order chi connectivity index (χ0) is 5.70. The highest BCUT2D eigenvalue weighted by atomic mass is 32.2. The molecule has 0 N–H and O–H groups in total. The van der Waals surface area contributed by atoms with E-state index in [-0.39, 0.29) is 0 Å². The van der Waals surface area contributed by atoms with Crippen LogP contribution < -0.4 is 0 Å². The van der Waals surface area contributed by atoms with Gasteiger partial charge in [0.15, 0.2) is 0 Å². The van der Waals surface area contributed by atoms with Crippen LogP contribution in [0.4, 0.5) is 0 Å². The molecule has 0 saturated heterocycles. The first kappa shape index (κ1) is 7.31. The predicted octanol–water partition coefficient (Wildman–Crippen LogP) is 0.979. The van der Waals surface area contributed by atoms with Crippen molar-refractivity contribution >= 4 is 11.2 Å². The summed E-state index contributed by atoms with van der Waals surface area (Å²) in [5.74, 6) is 0.816. The summed E-state index contributed by atoms with van der Waals surface area (Å²) in [5.41, 5.74) is 0. The molecule has 0 aliphatic rings. The minimum absolute atomic E-state index is 0.597. The Morgan fingerprint density at radius 3 is 2.43 bits per heavy atom. The molecule has 0 bridgehead atoms. The van der Waals surface area contributed by atoms with E-state index in [2.05, 4.69) is 0 Å². The Morgan fingerprint density at radius 2 is 2.29 bits per heavy atom. The molecular formula is C5H11OS. The molecule has 0 fully saturated rings. The minimum Gasteiger partial charge on any atom is -0.617 e. The van der Waals surface area contributed by atoms with Gasteiger partial charge in [-0.3, -0.25) is 0 Å². The van der Waals surface area contributed by atoms with Gasteiger partial charge in [-0.1, -0.05) is 18.1 Å². The smallest absolute Gasteiger partial charge is 0.105 e. The van der Waals surface area contributed by atoms with Crippen molar-refractivity contribution in [2.45, 2.75) is 13.3 Å². The summed E-state index contributed by atoms with van der Waals surface area (Å²) in [6, 6.07) is 0. The van der Waals surface area contributed by atoms with Crippen molar-refractivity contribution in [3.63, 3.8) is 0 Å². The van der Waals surface area contributed by atoms with Crippen LogP contribution in [-0.2, 0) is 11.2 Å². The Hall–Kier alpha value is 0.310. The van der Waals surface area contributed by atoms with Crippen LogP contribution in [0.3, 0.4) is 0 Å². The van der Waals surface area contributed by atoms with Crippen molar-refractivity contribution < 1.29 is 4.55 Å². The summed E-state index contributed by atoms with van der Waals surface area (Å²) >= 11 is -0.597. The molecule has 0 amide bonds. The van der Waals surface area contributed by atoms with E-state index in [9.17, 15) is 4.55 Å². The Labute approximate surface area is 48.3 Å².